The van der Waals surface area contributed by atoms with Crippen LogP contribution in [0.5, 0.6) is 5.75 Å². The van der Waals surface area contributed by atoms with Gasteiger partial charge in [0.2, 0.25) is 0 Å². The van der Waals surface area contributed by atoms with E-state index in [2.05, 4.69) is 25.1 Å². The minimum absolute atomic E-state index is 0.0180. The van der Waals surface area contributed by atoms with Crippen molar-refractivity contribution >= 4 is 5.97 Å². The molecule has 0 N–H and O–H groups in total. The minimum atomic E-state index is -0.421. The lowest BCUT2D eigenvalue weighted by Gasteiger charge is -2.49. The first-order valence-corrected chi connectivity index (χ1v) is 10.1. The summed E-state index contributed by atoms with van der Waals surface area (Å²) in [5.41, 5.74) is 2.43. The molecule has 3 unspecified atom stereocenters. The summed E-state index contributed by atoms with van der Waals surface area (Å²) in [6.07, 6.45) is 7.75. The second-order valence-electron chi connectivity index (χ2n) is 9.40. The van der Waals surface area contributed by atoms with E-state index in [0.717, 1.165) is 18.6 Å². The van der Waals surface area contributed by atoms with Gasteiger partial charge >= 0.3 is 5.97 Å². The summed E-state index contributed by atoms with van der Waals surface area (Å²) in [6.45, 7) is 8.22. The fraction of sp³-hybridized carbons (Fsp3) is 0.696. The number of hydrogen-bond donors (Lipinski definition) is 0. The lowest BCUT2D eigenvalue weighted by Crippen LogP contribution is -2.45. The lowest BCUT2D eigenvalue weighted by molar-refractivity contribution is -0.157. The molecule has 1 saturated carbocycles. The van der Waals surface area contributed by atoms with Gasteiger partial charge in [-0.2, -0.15) is 0 Å². The molecule has 3 nitrogen and oxygen atoms in total. The Labute approximate surface area is 158 Å². The Morgan fingerprint density at radius 3 is 2.69 bits per heavy atom. The van der Waals surface area contributed by atoms with Gasteiger partial charge in [-0.05, 0) is 80.5 Å². The van der Waals surface area contributed by atoms with E-state index in [0.29, 0.717) is 18.3 Å². The van der Waals surface area contributed by atoms with E-state index in [9.17, 15) is 4.79 Å². The Hall–Kier alpha value is -1.51. The van der Waals surface area contributed by atoms with Gasteiger partial charge in [-0.25, -0.2) is 0 Å². The molecule has 3 heteroatoms. The molecule has 0 spiro atoms. The fourth-order valence-corrected chi connectivity index (χ4v) is 5.19. The summed E-state index contributed by atoms with van der Waals surface area (Å²) in [4.78, 5) is 12.7. The zero-order valence-electron chi connectivity index (χ0n) is 17.1. The van der Waals surface area contributed by atoms with Crippen molar-refractivity contribution in [2.45, 2.75) is 83.7 Å². The zero-order chi connectivity index (χ0) is 18.9. The maximum absolute atomic E-state index is 12.7. The predicted molar refractivity (Wildman–Crippen MR) is 105 cm³/mol. The standard InChI is InChI=1S/C23H34O3/c1-22(2,3)26-21(24)15-20-16-9-7-6-8-12-23(20,4)19-14-18(25-5)11-10-17(19)13-16/h10-11,14,16,20H,6-9,12-13,15H2,1-5H3. The highest BCUT2D eigenvalue weighted by atomic mass is 16.6. The van der Waals surface area contributed by atoms with E-state index >= 15 is 0 Å². The molecule has 3 atom stereocenters. The first-order chi connectivity index (χ1) is 12.2. The van der Waals surface area contributed by atoms with Crippen LogP contribution in [0.2, 0.25) is 0 Å². The summed E-state index contributed by atoms with van der Waals surface area (Å²) < 4.78 is 11.2. The van der Waals surface area contributed by atoms with Crippen molar-refractivity contribution < 1.29 is 14.3 Å². The van der Waals surface area contributed by atoms with E-state index in [1.807, 2.05) is 20.8 Å². The molecule has 1 fully saturated rings. The molecule has 144 valence electrons. The number of hydrogen-bond acceptors (Lipinski definition) is 3. The number of rotatable bonds is 3. The molecule has 0 aromatic heterocycles. The maximum atomic E-state index is 12.7. The molecule has 1 aromatic carbocycles. The molecule has 0 amide bonds. The van der Waals surface area contributed by atoms with Gasteiger partial charge in [0.15, 0.2) is 0 Å². The number of carbonyl (C=O) groups is 1. The van der Waals surface area contributed by atoms with E-state index in [1.54, 1.807) is 7.11 Å². The first kappa shape index (κ1) is 19.3. The second-order valence-corrected chi connectivity index (χ2v) is 9.40. The van der Waals surface area contributed by atoms with Gasteiger partial charge in [-0.1, -0.05) is 32.3 Å². The molecule has 26 heavy (non-hydrogen) atoms. The number of esters is 1. The Bertz CT molecular complexity index is 658. The Morgan fingerprint density at radius 2 is 2.00 bits per heavy atom. The van der Waals surface area contributed by atoms with E-state index in [1.165, 1.54) is 36.8 Å². The van der Waals surface area contributed by atoms with Crippen molar-refractivity contribution in [1.82, 2.24) is 0 Å². The van der Waals surface area contributed by atoms with Gasteiger partial charge in [-0.3, -0.25) is 4.79 Å². The molecular weight excluding hydrogens is 324 g/mol. The lowest BCUT2D eigenvalue weighted by atomic mass is 9.55. The van der Waals surface area contributed by atoms with Crippen LogP contribution in [0.4, 0.5) is 0 Å². The van der Waals surface area contributed by atoms with Crippen molar-refractivity contribution in [3.63, 3.8) is 0 Å². The van der Waals surface area contributed by atoms with Gasteiger partial charge in [-0.15, -0.1) is 0 Å². The number of ether oxygens (including phenoxy) is 2. The smallest absolute Gasteiger partial charge is 0.306 e. The predicted octanol–water partition coefficient (Wildman–Crippen LogP) is 5.44. The zero-order valence-corrected chi connectivity index (χ0v) is 17.1. The van der Waals surface area contributed by atoms with Crippen LogP contribution < -0.4 is 4.74 Å². The van der Waals surface area contributed by atoms with Crippen LogP contribution in [-0.4, -0.2) is 18.7 Å². The molecular formula is C23H34O3. The summed E-state index contributed by atoms with van der Waals surface area (Å²) >= 11 is 0. The fourth-order valence-electron chi connectivity index (χ4n) is 5.19. The molecule has 2 bridgehead atoms. The molecule has 0 radical (unpaired) electrons. The van der Waals surface area contributed by atoms with Crippen LogP contribution in [0.3, 0.4) is 0 Å². The largest absolute Gasteiger partial charge is 0.497 e. The van der Waals surface area contributed by atoms with Crippen LogP contribution in [0.15, 0.2) is 18.2 Å². The number of fused-ring (bicyclic) bond motifs is 4. The highest BCUT2D eigenvalue weighted by Gasteiger charge is 2.46. The average molecular weight is 359 g/mol. The number of benzene rings is 1. The van der Waals surface area contributed by atoms with Crippen molar-refractivity contribution in [2.75, 3.05) is 7.11 Å². The van der Waals surface area contributed by atoms with Gasteiger partial charge in [0, 0.05) is 6.42 Å². The molecule has 2 aliphatic carbocycles. The average Bonchev–Trinajstić information content (AvgIpc) is 2.55. The van der Waals surface area contributed by atoms with Crippen LogP contribution in [-0.2, 0) is 21.4 Å². The molecule has 0 aliphatic heterocycles. The third-order valence-corrected chi connectivity index (χ3v) is 6.38. The maximum Gasteiger partial charge on any atom is 0.306 e. The first-order valence-electron chi connectivity index (χ1n) is 10.1. The van der Waals surface area contributed by atoms with Crippen molar-refractivity contribution in [2.24, 2.45) is 11.8 Å². The van der Waals surface area contributed by atoms with Crippen molar-refractivity contribution in [1.29, 1.82) is 0 Å². The molecule has 2 aliphatic rings. The highest BCUT2D eigenvalue weighted by Crippen LogP contribution is 2.52. The molecule has 1 aromatic rings. The Kier molecular flexibility index (Phi) is 5.37. The summed E-state index contributed by atoms with van der Waals surface area (Å²) in [6, 6.07) is 6.54. The van der Waals surface area contributed by atoms with Gasteiger partial charge < -0.3 is 9.47 Å². The monoisotopic (exact) mass is 358 g/mol. The van der Waals surface area contributed by atoms with E-state index in [-0.39, 0.29) is 11.4 Å². The van der Waals surface area contributed by atoms with Crippen LogP contribution in [0.1, 0.15) is 77.3 Å². The second kappa shape index (κ2) is 7.25. The Morgan fingerprint density at radius 1 is 1.23 bits per heavy atom. The van der Waals surface area contributed by atoms with Crippen molar-refractivity contribution in [3.05, 3.63) is 29.3 Å². The van der Waals surface area contributed by atoms with E-state index < -0.39 is 5.60 Å². The van der Waals surface area contributed by atoms with Crippen LogP contribution >= 0.6 is 0 Å². The normalized spacial score (nSPS) is 28.5. The number of methoxy groups -OCH3 is 1. The van der Waals surface area contributed by atoms with Gasteiger partial charge in [0.25, 0.3) is 0 Å². The van der Waals surface area contributed by atoms with Crippen LogP contribution in [0, 0.1) is 11.8 Å². The molecule has 3 rings (SSSR count). The molecule has 0 heterocycles. The van der Waals surface area contributed by atoms with E-state index in [4.69, 9.17) is 9.47 Å². The topological polar surface area (TPSA) is 35.5 Å². The Balaban J connectivity index is 1.97. The SMILES string of the molecule is COc1ccc2c(c1)C1(C)CCCCCC(C2)C1CC(=O)OC(C)(C)C. The highest BCUT2D eigenvalue weighted by molar-refractivity contribution is 5.70. The minimum Gasteiger partial charge on any atom is -0.497 e. The summed E-state index contributed by atoms with van der Waals surface area (Å²) in [5.74, 6) is 1.78. The number of carbonyl (C=O) groups excluding carboxylic acids is 1. The summed E-state index contributed by atoms with van der Waals surface area (Å²) in [5, 5.41) is 0. The van der Waals surface area contributed by atoms with Crippen molar-refractivity contribution in [3.8, 4) is 5.75 Å². The third kappa shape index (κ3) is 3.92. The quantitative estimate of drug-likeness (QED) is 0.675. The summed E-state index contributed by atoms with van der Waals surface area (Å²) in [7, 11) is 1.73. The third-order valence-electron chi connectivity index (χ3n) is 6.38. The molecule has 0 saturated heterocycles. The van der Waals surface area contributed by atoms with Crippen LogP contribution in [0.25, 0.3) is 0 Å². The van der Waals surface area contributed by atoms with Gasteiger partial charge in [0.1, 0.15) is 11.4 Å². The van der Waals surface area contributed by atoms with Gasteiger partial charge in [0.05, 0.1) is 7.11 Å².